The zero-order valence-corrected chi connectivity index (χ0v) is 16.4. The van der Waals surface area contributed by atoms with E-state index < -0.39 is 6.04 Å². The van der Waals surface area contributed by atoms with Gasteiger partial charge in [-0.15, -0.1) is 0 Å². The van der Waals surface area contributed by atoms with Crippen LogP contribution in [-0.2, 0) is 22.6 Å². The lowest BCUT2D eigenvalue weighted by Crippen LogP contribution is -2.55. The number of hydrogen-bond acceptors (Lipinski definition) is 3. The van der Waals surface area contributed by atoms with Crippen molar-refractivity contribution in [1.29, 1.82) is 0 Å². The van der Waals surface area contributed by atoms with Crippen molar-refractivity contribution < 1.29 is 9.59 Å². The van der Waals surface area contributed by atoms with Crippen LogP contribution in [0.5, 0.6) is 0 Å². The number of rotatable bonds is 5. The predicted molar refractivity (Wildman–Crippen MR) is 112 cm³/mol. The summed E-state index contributed by atoms with van der Waals surface area (Å²) in [6.45, 7) is 4.91. The van der Waals surface area contributed by atoms with E-state index in [-0.39, 0.29) is 17.5 Å². The third-order valence-electron chi connectivity index (χ3n) is 4.93. The molecule has 3 heterocycles. The first-order chi connectivity index (χ1) is 14.0. The molecule has 2 aromatic heterocycles. The molecule has 0 bridgehead atoms. The predicted octanol–water partition coefficient (Wildman–Crippen LogP) is 2.53. The van der Waals surface area contributed by atoms with E-state index in [0.717, 1.165) is 23.0 Å². The van der Waals surface area contributed by atoms with Crippen molar-refractivity contribution in [2.24, 2.45) is 0 Å². The first kappa shape index (κ1) is 18.7. The molecule has 0 saturated carbocycles. The Labute approximate surface area is 168 Å². The van der Waals surface area contributed by atoms with Gasteiger partial charge >= 0.3 is 0 Å². The number of aromatic amines is 1. The average Bonchev–Trinajstić information content (AvgIpc) is 3.32. The maximum Gasteiger partial charge on any atom is 0.268 e. The normalized spacial score (nSPS) is 18.0. The van der Waals surface area contributed by atoms with Gasteiger partial charge in [0.15, 0.2) is 0 Å². The van der Waals surface area contributed by atoms with Crippen molar-refractivity contribution in [3.8, 4) is 0 Å². The van der Waals surface area contributed by atoms with Crippen LogP contribution in [0.15, 0.2) is 60.3 Å². The van der Waals surface area contributed by atoms with Gasteiger partial charge in [-0.3, -0.25) is 9.59 Å². The summed E-state index contributed by atoms with van der Waals surface area (Å²) >= 11 is 0. The summed E-state index contributed by atoms with van der Waals surface area (Å²) in [5.74, 6) is -0.533. The Hall–Kier alpha value is -3.61. The highest BCUT2D eigenvalue weighted by atomic mass is 16.2. The molecule has 1 aliphatic heterocycles. The van der Waals surface area contributed by atoms with Crippen LogP contribution < -0.4 is 10.6 Å². The Kier molecular flexibility index (Phi) is 5.03. The molecule has 148 valence electrons. The maximum absolute atomic E-state index is 12.6. The van der Waals surface area contributed by atoms with Crippen LogP contribution in [0, 0.1) is 0 Å². The van der Waals surface area contributed by atoms with Gasteiger partial charge in [0.1, 0.15) is 11.7 Å². The van der Waals surface area contributed by atoms with E-state index in [9.17, 15) is 9.59 Å². The third-order valence-corrected chi connectivity index (χ3v) is 4.93. The zero-order valence-electron chi connectivity index (χ0n) is 16.4. The Morgan fingerprint density at radius 1 is 1.24 bits per heavy atom. The molecule has 7 nitrogen and oxygen atoms in total. The number of aromatic nitrogens is 3. The Bertz CT molecular complexity index is 1120. The molecule has 1 saturated heterocycles. The lowest BCUT2D eigenvalue weighted by molar-refractivity contribution is -0.131. The number of amides is 2. The SMILES string of the molecule is CC(C)=CCn1cc(C[C@@H]2NC(=O)/C(=C\c3cnc[nH]3)NC2=O)c2ccccc21. The number of hydrogen-bond donors (Lipinski definition) is 3. The highest BCUT2D eigenvalue weighted by Crippen LogP contribution is 2.23. The maximum atomic E-state index is 12.6. The zero-order chi connectivity index (χ0) is 20.4. The number of benzene rings is 1. The molecule has 0 radical (unpaired) electrons. The molecule has 0 unspecified atom stereocenters. The number of nitrogens with zero attached hydrogens (tertiary/aromatic N) is 2. The molecule has 0 spiro atoms. The third kappa shape index (κ3) is 3.99. The molecule has 1 aliphatic rings. The summed E-state index contributed by atoms with van der Waals surface area (Å²) in [6.07, 6.45) is 9.33. The van der Waals surface area contributed by atoms with E-state index in [1.165, 1.54) is 11.9 Å². The number of H-pyrrole nitrogens is 1. The van der Waals surface area contributed by atoms with Gasteiger partial charge in [0.05, 0.1) is 18.2 Å². The number of carbonyl (C=O) groups is 2. The van der Waals surface area contributed by atoms with E-state index in [1.807, 2.05) is 12.1 Å². The first-order valence-corrected chi connectivity index (χ1v) is 9.53. The second-order valence-corrected chi connectivity index (χ2v) is 7.39. The van der Waals surface area contributed by atoms with Crippen LogP contribution in [0.25, 0.3) is 17.0 Å². The molecule has 4 rings (SSSR count). The standard InChI is InChI=1S/C22H23N5O2/c1-14(2)7-8-27-12-15(17-5-3-4-6-20(17)27)9-18-21(28)26-19(22(29)25-18)10-16-11-23-13-24-16/h3-7,10-13,18H,8-9H2,1-2H3,(H,23,24)(H,25,29)(H,26,28)/b19-10+/t18-/m0/s1. The van der Waals surface area contributed by atoms with Crippen molar-refractivity contribution in [2.75, 3.05) is 0 Å². The fourth-order valence-electron chi connectivity index (χ4n) is 3.46. The average molecular weight is 389 g/mol. The second kappa shape index (κ2) is 7.79. The summed E-state index contributed by atoms with van der Waals surface area (Å²) in [6, 6.07) is 7.50. The highest BCUT2D eigenvalue weighted by Gasteiger charge is 2.30. The number of fused-ring (bicyclic) bond motifs is 1. The van der Waals surface area contributed by atoms with E-state index in [0.29, 0.717) is 12.1 Å². The Morgan fingerprint density at radius 3 is 2.83 bits per heavy atom. The monoisotopic (exact) mass is 389 g/mol. The van der Waals surface area contributed by atoms with Crippen LogP contribution in [0.4, 0.5) is 0 Å². The molecule has 3 aromatic rings. The molecular weight excluding hydrogens is 366 g/mol. The smallest absolute Gasteiger partial charge is 0.268 e. The van der Waals surface area contributed by atoms with Gasteiger partial charge in [0.2, 0.25) is 5.91 Å². The molecule has 1 atom stereocenters. The number of carbonyl (C=O) groups excluding carboxylic acids is 2. The minimum atomic E-state index is -0.621. The number of para-hydroxylation sites is 1. The molecule has 1 aromatic carbocycles. The van der Waals surface area contributed by atoms with Gasteiger partial charge in [0, 0.05) is 30.1 Å². The van der Waals surface area contributed by atoms with Crippen LogP contribution >= 0.6 is 0 Å². The van der Waals surface area contributed by atoms with Crippen molar-refractivity contribution in [1.82, 2.24) is 25.2 Å². The van der Waals surface area contributed by atoms with Crippen LogP contribution in [-0.4, -0.2) is 32.4 Å². The lowest BCUT2D eigenvalue weighted by Gasteiger charge is -2.24. The van der Waals surface area contributed by atoms with Gasteiger partial charge < -0.3 is 20.2 Å². The van der Waals surface area contributed by atoms with E-state index in [1.54, 1.807) is 12.3 Å². The molecule has 3 N–H and O–H groups in total. The molecule has 1 fully saturated rings. The van der Waals surface area contributed by atoms with E-state index in [2.05, 4.69) is 63.4 Å². The van der Waals surface area contributed by atoms with E-state index in [4.69, 9.17) is 0 Å². The topological polar surface area (TPSA) is 91.8 Å². The van der Waals surface area contributed by atoms with Crippen molar-refractivity contribution >= 4 is 28.8 Å². The minimum absolute atomic E-state index is 0.210. The molecule has 29 heavy (non-hydrogen) atoms. The first-order valence-electron chi connectivity index (χ1n) is 9.53. The molecule has 0 aliphatic carbocycles. The second-order valence-electron chi connectivity index (χ2n) is 7.39. The molecule has 7 heteroatoms. The molecule has 2 amide bonds. The number of imidazole rings is 1. The molecular formula is C22H23N5O2. The number of nitrogens with one attached hydrogen (secondary N) is 3. The lowest BCUT2D eigenvalue weighted by atomic mass is 10.0. The van der Waals surface area contributed by atoms with Gasteiger partial charge in [0.25, 0.3) is 5.91 Å². The summed E-state index contributed by atoms with van der Waals surface area (Å²) in [5, 5.41) is 6.64. The van der Waals surface area contributed by atoms with Crippen molar-refractivity contribution in [2.45, 2.75) is 32.9 Å². The summed E-state index contributed by atoms with van der Waals surface area (Å²) in [4.78, 5) is 31.9. The fraction of sp³-hybridized carbons (Fsp3) is 0.227. The van der Waals surface area contributed by atoms with Gasteiger partial charge in [-0.2, -0.15) is 0 Å². The number of allylic oxidation sites excluding steroid dienone is 2. The van der Waals surface area contributed by atoms with Crippen LogP contribution in [0.2, 0.25) is 0 Å². The van der Waals surface area contributed by atoms with Crippen molar-refractivity contribution in [3.63, 3.8) is 0 Å². The van der Waals surface area contributed by atoms with Gasteiger partial charge in [-0.25, -0.2) is 4.98 Å². The summed E-state index contributed by atoms with van der Waals surface area (Å²) in [5.41, 5.74) is 4.25. The van der Waals surface area contributed by atoms with Gasteiger partial charge in [-0.05, 0) is 31.6 Å². The Balaban J connectivity index is 1.57. The van der Waals surface area contributed by atoms with Crippen LogP contribution in [0.1, 0.15) is 25.1 Å². The van der Waals surface area contributed by atoms with Crippen LogP contribution in [0.3, 0.4) is 0 Å². The number of piperazine rings is 1. The quantitative estimate of drug-likeness (QED) is 0.463. The minimum Gasteiger partial charge on any atom is -0.345 e. The fourth-order valence-corrected chi connectivity index (χ4v) is 3.46. The Morgan fingerprint density at radius 2 is 2.07 bits per heavy atom. The summed E-state index contributed by atoms with van der Waals surface area (Å²) in [7, 11) is 0. The van der Waals surface area contributed by atoms with Crippen molar-refractivity contribution in [3.05, 3.63) is 71.6 Å². The van der Waals surface area contributed by atoms with E-state index >= 15 is 0 Å². The summed E-state index contributed by atoms with van der Waals surface area (Å²) < 4.78 is 2.17. The van der Waals surface area contributed by atoms with Gasteiger partial charge in [-0.1, -0.05) is 29.8 Å². The highest BCUT2D eigenvalue weighted by molar-refractivity contribution is 6.07. The largest absolute Gasteiger partial charge is 0.345 e.